The molecule has 0 N–H and O–H groups in total. The van der Waals surface area contributed by atoms with Crippen LogP contribution in [0.2, 0.25) is 0 Å². The number of hydrogen-bond donors (Lipinski definition) is 0. The normalized spacial score (nSPS) is 21.9. The topological polar surface area (TPSA) is 20.3 Å². The van der Waals surface area contributed by atoms with Crippen LogP contribution in [0.25, 0.3) is 0 Å². The van der Waals surface area contributed by atoms with E-state index in [0.717, 1.165) is 0 Å². The summed E-state index contributed by atoms with van der Waals surface area (Å²) in [5, 5.41) is 0. The van der Waals surface area contributed by atoms with Crippen molar-refractivity contribution in [3.63, 3.8) is 0 Å². The third kappa shape index (κ3) is 3.90. The van der Waals surface area contributed by atoms with E-state index in [1.165, 1.54) is 0 Å². The van der Waals surface area contributed by atoms with Gasteiger partial charge in [0.25, 0.3) is 0 Å². The molecule has 0 saturated carbocycles. The summed E-state index contributed by atoms with van der Waals surface area (Å²) in [6.07, 6.45) is -9.98. The van der Waals surface area contributed by atoms with Crippen molar-refractivity contribution in [1.82, 2.24) is 4.90 Å². The van der Waals surface area contributed by atoms with E-state index < -0.39 is 30.2 Å². The van der Waals surface area contributed by atoms with Crippen LogP contribution in [0.5, 0.6) is 0 Å². The highest BCUT2D eigenvalue weighted by Crippen LogP contribution is 2.41. The molecule has 1 rings (SSSR count). The molecular weight excluding hydrogens is 300 g/mol. The zero-order chi connectivity index (χ0) is 14.8. The van der Waals surface area contributed by atoms with Crippen molar-refractivity contribution in [2.24, 2.45) is 5.92 Å². The third-order valence-corrected chi connectivity index (χ3v) is 3.35. The standard InChI is InChI=1S/C10H12ClF6NO/c11-5-6-3-1-2-4-18(6)8(19)7(9(12,13)14)10(15,16)17/h6-7H,1-5H2. The Hall–Kier alpha value is -0.660. The van der Waals surface area contributed by atoms with E-state index in [-0.39, 0.29) is 12.4 Å². The Morgan fingerprint density at radius 3 is 2.11 bits per heavy atom. The maximum atomic E-state index is 12.5. The van der Waals surface area contributed by atoms with Gasteiger partial charge in [-0.3, -0.25) is 4.79 Å². The van der Waals surface area contributed by atoms with Gasteiger partial charge in [-0.1, -0.05) is 0 Å². The van der Waals surface area contributed by atoms with E-state index in [0.29, 0.717) is 24.2 Å². The molecule has 0 aromatic rings. The van der Waals surface area contributed by atoms with Gasteiger partial charge in [-0.15, -0.1) is 11.6 Å². The predicted octanol–water partition coefficient (Wildman–Crippen LogP) is 3.35. The molecule has 0 aromatic heterocycles. The van der Waals surface area contributed by atoms with Crippen molar-refractivity contribution in [3.05, 3.63) is 0 Å². The van der Waals surface area contributed by atoms with Gasteiger partial charge in [-0.05, 0) is 19.3 Å². The number of halogens is 7. The first kappa shape index (κ1) is 16.4. The molecule has 0 aliphatic carbocycles. The molecule has 0 radical (unpaired) electrons. The van der Waals surface area contributed by atoms with E-state index in [1.807, 2.05) is 0 Å². The lowest BCUT2D eigenvalue weighted by molar-refractivity contribution is -0.278. The number of piperidine rings is 1. The van der Waals surface area contributed by atoms with E-state index in [1.54, 1.807) is 0 Å². The molecule has 2 nitrogen and oxygen atoms in total. The minimum atomic E-state index is -5.65. The molecule has 9 heteroatoms. The van der Waals surface area contributed by atoms with Gasteiger partial charge in [0.2, 0.25) is 11.8 Å². The van der Waals surface area contributed by atoms with Gasteiger partial charge < -0.3 is 4.90 Å². The van der Waals surface area contributed by atoms with Crippen molar-refractivity contribution in [1.29, 1.82) is 0 Å². The number of amides is 1. The summed E-state index contributed by atoms with van der Waals surface area (Å²) in [4.78, 5) is 12.2. The first-order chi connectivity index (χ1) is 8.59. The first-order valence-corrected chi connectivity index (χ1v) is 6.12. The molecule has 1 atom stereocenters. The van der Waals surface area contributed by atoms with Crippen molar-refractivity contribution in [2.45, 2.75) is 37.7 Å². The highest BCUT2D eigenvalue weighted by Gasteiger charge is 2.62. The summed E-state index contributed by atoms with van der Waals surface area (Å²) in [6.45, 7) is -0.126. The Labute approximate surface area is 110 Å². The zero-order valence-corrected chi connectivity index (χ0v) is 10.4. The van der Waals surface area contributed by atoms with Crippen LogP contribution >= 0.6 is 11.6 Å². The van der Waals surface area contributed by atoms with E-state index in [4.69, 9.17) is 11.6 Å². The van der Waals surface area contributed by atoms with Crippen LogP contribution in [-0.4, -0.2) is 41.6 Å². The van der Waals surface area contributed by atoms with Gasteiger partial charge in [0.05, 0.1) is 0 Å². The van der Waals surface area contributed by atoms with Crippen LogP contribution in [0.15, 0.2) is 0 Å². The second-order valence-corrected chi connectivity index (χ2v) is 4.66. The molecule has 1 saturated heterocycles. The summed E-state index contributed by atoms with van der Waals surface area (Å²) in [5.41, 5.74) is 0. The molecule has 0 spiro atoms. The van der Waals surface area contributed by atoms with Crippen LogP contribution in [-0.2, 0) is 4.79 Å². The fraction of sp³-hybridized carbons (Fsp3) is 0.900. The van der Waals surface area contributed by atoms with E-state index in [9.17, 15) is 31.1 Å². The van der Waals surface area contributed by atoms with Crippen molar-refractivity contribution < 1.29 is 31.1 Å². The highest BCUT2D eigenvalue weighted by molar-refractivity contribution is 6.18. The number of hydrogen-bond acceptors (Lipinski definition) is 1. The fourth-order valence-corrected chi connectivity index (χ4v) is 2.40. The van der Waals surface area contributed by atoms with Gasteiger partial charge in [0.1, 0.15) is 0 Å². The van der Waals surface area contributed by atoms with Gasteiger partial charge >= 0.3 is 12.4 Å². The quantitative estimate of drug-likeness (QED) is 0.566. The van der Waals surface area contributed by atoms with Gasteiger partial charge in [-0.2, -0.15) is 26.3 Å². The Morgan fingerprint density at radius 2 is 1.68 bits per heavy atom. The van der Waals surface area contributed by atoms with Gasteiger partial charge in [-0.25, -0.2) is 0 Å². The second kappa shape index (κ2) is 5.76. The van der Waals surface area contributed by atoms with Crippen LogP contribution in [0.3, 0.4) is 0 Å². The number of carbonyl (C=O) groups is 1. The highest BCUT2D eigenvalue weighted by atomic mass is 35.5. The van der Waals surface area contributed by atoms with Crippen LogP contribution in [0.4, 0.5) is 26.3 Å². The fourth-order valence-electron chi connectivity index (χ4n) is 2.08. The molecule has 1 amide bonds. The van der Waals surface area contributed by atoms with Gasteiger partial charge in [0.15, 0.2) is 0 Å². The summed E-state index contributed by atoms with van der Waals surface area (Å²) in [5.74, 6) is -6.09. The maximum absolute atomic E-state index is 12.5. The van der Waals surface area contributed by atoms with Crippen molar-refractivity contribution >= 4 is 17.5 Å². The maximum Gasteiger partial charge on any atom is 0.409 e. The lowest BCUT2D eigenvalue weighted by Crippen LogP contribution is -2.54. The monoisotopic (exact) mass is 311 g/mol. The largest absolute Gasteiger partial charge is 0.409 e. The number of rotatable bonds is 2. The van der Waals surface area contributed by atoms with Gasteiger partial charge in [0, 0.05) is 18.5 Å². The third-order valence-electron chi connectivity index (χ3n) is 2.99. The number of likely N-dealkylation sites (tertiary alicyclic amines) is 1. The molecule has 0 aromatic carbocycles. The molecule has 1 aliphatic heterocycles. The predicted molar refractivity (Wildman–Crippen MR) is 55.7 cm³/mol. The molecule has 1 heterocycles. The number of nitrogens with zero attached hydrogens (tertiary/aromatic N) is 1. The van der Waals surface area contributed by atoms with Crippen molar-refractivity contribution in [3.8, 4) is 0 Å². The van der Waals surface area contributed by atoms with Crippen LogP contribution < -0.4 is 0 Å². The van der Waals surface area contributed by atoms with Crippen molar-refractivity contribution in [2.75, 3.05) is 12.4 Å². The van der Waals surface area contributed by atoms with E-state index in [2.05, 4.69) is 0 Å². The zero-order valence-electron chi connectivity index (χ0n) is 9.69. The Bertz CT molecular complexity index is 315. The number of carbonyl (C=O) groups excluding carboxylic acids is 1. The summed E-state index contributed by atoms with van der Waals surface area (Å²) >= 11 is 5.50. The minimum absolute atomic E-state index is 0.126. The molecule has 19 heavy (non-hydrogen) atoms. The molecule has 1 aliphatic rings. The smallest absolute Gasteiger partial charge is 0.338 e. The Balaban J connectivity index is 2.99. The Morgan fingerprint density at radius 1 is 1.16 bits per heavy atom. The molecular formula is C10H12ClF6NO. The lowest BCUT2D eigenvalue weighted by Gasteiger charge is -2.37. The molecule has 1 fully saturated rings. The SMILES string of the molecule is O=C(C(C(F)(F)F)C(F)(F)F)N1CCCCC1CCl. The number of alkyl halides is 7. The lowest BCUT2D eigenvalue weighted by atomic mass is 9.99. The molecule has 0 bridgehead atoms. The average Bonchev–Trinajstić information content (AvgIpc) is 2.24. The second-order valence-electron chi connectivity index (χ2n) is 4.35. The van der Waals surface area contributed by atoms with Crippen LogP contribution in [0, 0.1) is 5.92 Å². The molecule has 112 valence electrons. The minimum Gasteiger partial charge on any atom is -0.338 e. The Kier molecular flexibility index (Phi) is 4.97. The molecule has 1 unspecified atom stereocenters. The average molecular weight is 312 g/mol. The van der Waals surface area contributed by atoms with E-state index >= 15 is 0 Å². The van der Waals surface area contributed by atoms with Crippen LogP contribution in [0.1, 0.15) is 19.3 Å². The first-order valence-electron chi connectivity index (χ1n) is 5.59. The summed E-state index contributed by atoms with van der Waals surface area (Å²) in [7, 11) is 0. The summed E-state index contributed by atoms with van der Waals surface area (Å²) < 4.78 is 74.7. The summed E-state index contributed by atoms with van der Waals surface area (Å²) in [6, 6.07) is -0.768.